The number of carboxylic acid groups (broad SMARTS) is 1. The molecule has 0 aliphatic heterocycles. The molecule has 1 saturated carbocycles. The maximum absolute atomic E-state index is 10.8. The number of carboxylic acids is 1. The SMILES string of the molecule is CC(=O)Nc1onc(C(=O)O)c1C1CC1. The first-order valence-electron chi connectivity index (χ1n) is 4.60. The fourth-order valence-corrected chi connectivity index (χ4v) is 1.45. The van der Waals surface area contributed by atoms with Crippen molar-refractivity contribution in [2.75, 3.05) is 5.32 Å². The first kappa shape index (κ1) is 9.70. The van der Waals surface area contributed by atoms with Crippen molar-refractivity contribution in [1.82, 2.24) is 5.16 Å². The molecule has 2 N–H and O–H groups in total. The van der Waals surface area contributed by atoms with Crippen LogP contribution in [0.15, 0.2) is 4.52 Å². The van der Waals surface area contributed by atoms with Crippen LogP contribution in [0.5, 0.6) is 0 Å². The molecular formula is C9H10N2O4. The Bertz CT molecular complexity index is 420. The molecule has 0 unspecified atom stereocenters. The normalized spacial score (nSPS) is 15.0. The molecule has 15 heavy (non-hydrogen) atoms. The van der Waals surface area contributed by atoms with Crippen molar-refractivity contribution in [2.24, 2.45) is 0 Å². The van der Waals surface area contributed by atoms with Crippen molar-refractivity contribution in [3.05, 3.63) is 11.3 Å². The third-order valence-corrected chi connectivity index (χ3v) is 2.21. The van der Waals surface area contributed by atoms with Crippen LogP contribution in [0.4, 0.5) is 5.88 Å². The topological polar surface area (TPSA) is 92.4 Å². The summed E-state index contributed by atoms with van der Waals surface area (Å²) in [5, 5.41) is 14.7. The van der Waals surface area contributed by atoms with E-state index in [-0.39, 0.29) is 23.4 Å². The Balaban J connectivity index is 2.37. The van der Waals surface area contributed by atoms with E-state index >= 15 is 0 Å². The number of carbonyl (C=O) groups excluding carboxylic acids is 1. The lowest BCUT2D eigenvalue weighted by molar-refractivity contribution is -0.114. The van der Waals surface area contributed by atoms with Crippen molar-refractivity contribution in [1.29, 1.82) is 0 Å². The summed E-state index contributed by atoms with van der Waals surface area (Å²) >= 11 is 0. The molecule has 0 spiro atoms. The molecule has 1 aliphatic rings. The first-order chi connectivity index (χ1) is 7.09. The van der Waals surface area contributed by atoms with E-state index in [1.807, 2.05) is 0 Å². The van der Waals surface area contributed by atoms with Crippen molar-refractivity contribution >= 4 is 17.8 Å². The maximum Gasteiger partial charge on any atom is 0.358 e. The second-order valence-electron chi connectivity index (χ2n) is 3.53. The van der Waals surface area contributed by atoms with E-state index in [1.165, 1.54) is 6.92 Å². The maximum atomic E-state index is 10.8. The number of carbonyl (C=O) groups is 2. The van der Waals surface area contributed by atoms with Crippen LogP contribution in [0, 0.1) is 0 Å². The van der Waals surface area contributed by atoms with Gasteiger partial charge in [-0.25, -0.2) is 4.79 Å². The third-order valence-electron chi connectivity index (χ3n) is 2.21. The molecule has 1 aromatic rings. The Morgan fingerprint density at radius 3 is 2.67 bits per heavy atom. The van der Waals surface area contributed by atoms with Crippen molar-refractivity contribution in [2.45, 2.75) is 25.7 Å². The predicted molar refractivity (Wildman–Crippen MR) is 49.7 cm³/mol. The van der Waals surface area contributed by atoms with Gasteiger partial charge >= 0.3 is 5.97 Å². The molecule has 0 radical (unpaired) electrons. The number of amides is 1. The van der Waals surface area contributed by atoms with Crippen LogP contribution in [-0.4, -0.2) is 22.1 Å². The molecule has 1 aromatic heterocycles. The molecule has 0 atom stereocenters. The Morgan fingerprint density at radius 1 is 1.53 bits per heavy atom. The van der Waals surface area contributed by atoms with Gasteiger partial charge in [0.25, 0.3) is 0 Å². The fourth-order valence-electron chi connectivity index (χ4n) is 1.45. The second kappa shape index (κ2) is 3.38. The minimum absolute atomic E-state index is 0.0961. The number of hydrogen-bond donors (Lipinski definition) is 2. The molecule has 6 heteroatoms. The Morgan fingerprint density at radius 2 is 2.20 bits per heavy atom. The number of nitrogens with zero attached hydrogens (tertiary/aromatic N) is 1. The van der Waals surface area contributed by atoms with E-state index in [1.54, 1.807) is 0 Å². The van der Waals surface area contributed by atoms with Crippen LogP contribution in [0.2, 0.25) is 0 Å². The zero-order valence-electron chi connectivity index (χ0n) is 8.11. The highest BCUT2D eigenvalue weighted by molar-refractivity contribution is 5.93. The van der Waals surface area contributed by atoms with Gasteiger partial charge in [-0.15, -0.1) is 0 Å². The van der Waals surface area contributed by atoms with Gasteiger partial charge in [0.2, 0.25) is 11.8 Å². The zero-order valence-corrected chi connectivity index (χ0v) is 8.11. The summed E-state index contributed by atoms with van der Waals surface area (Å²) in [6.45, 7) is 1.33. The van der Waals surface area contributed by atoms with Gasteiger partial charge < -0.3 is 9.63 Å². The smallest absolute Gasteiger partial charge is 0.358 e. The minimum Gasteiger partial charge on any atom is -0.476 e. The van der Waals surface area contributed by atoms with Crippen LogP contribution in [0.1, 0.15) is 41.7 Å². The number of anilines is 1. The highest BCUT2D eigenvalue weighted by Crippen LogP contribution is 2.45. The largest absolute Gasteiger partial charge is 0.476 e. The van der Waals surface area contributed by atoms with Gasteiger partial charge in [0, 0.05) is 6.92 Å². The Kier molecular flexibility index (Phi) is 2.18. The molecule has 0 bridgehead atoms. The van der Waals surface area contributed by atoms with Gasteiger partial charge in [-0.2, -0.15) is 0 Å². The van der Waals surface area contributed by atoms with Gasteiger partial charge in [-0.05, 0) is 18.8 Å². The number of nitrogens with one attached hydrogen (secondary N) is 1. The second-order valence-corrected chi connectivity index (χ2v) is 3.53. The number of hydrogen-bond acceptors (Lipinski definition) is 4. The minimum atomic E-state index is -1.13. The highest BCUT2D eigenvalue weighted by atomic mass is 16.5. The molecule has 2 rings (SSSR count). The quantitative estimate of drug-likeness (QED) is 0.782. The molecule has 1 aliphatic carbocycles. The van der Waals surface area contributed by atoms with Crippen LogP contribution in [0.25, 0.3) is 0 Å². The predicted octanol–water partition coefficient (Wildman–Crippen LogP) is 1.21. The van der Waals surface area contributed by atoms with Crippen LogP contribution >= 0.6 is 0 Å². The number of rotatable bonds is 3. The van der Waals surface area contributed by atoms with E-state index in [9.17, 15) is 9.59 Å². The van der Waals surface area contributed by atoms with E-state index in [0.717, 1.165) is 12.8 Å². The average molecular weight is 210 g/mol. The molecule has 80 valence electrons. The van der Waals surface area contributed by atoms with Crippen molar-refractivity contribution in [3.63, 3.8) is 0 Å². The monoisotopic (exact) mass is 210 g/mol. The average Bonchev–Trinajstić information content (AvgIpc) is 2.87. The molecule has 1 fully saturated rings. The van der Waals surface area contributed by atoms with E-state index in [2.05, 4.69) is 10.5 Å². The molecular weight excluding hydrogens is 200 g/mol. The number of aromatic carboxylic acids is 1. The van der Waals surface area contributed by atoms with E-state index < -0.39 is 5.97 Å². The van der Waals surface area contributed by atoms with Crippen LogP contribution < -0.4 is 5.32 Å². The van der Waals surface area contributed by atoms with Gasteiger partial charge in [0.15, 0.2) is 5.69 Å². The number of aromatic nitrogens is 1. The molecule has 0 aromatic carbocycles. The van der Waals surface area contributed by atoms with Crippen molar-refractivity contribution in [3.8, 4) is 0 Å². The summed E-state index contributed by atoms with van der Waals surface area (Å²) < 4.78 is 4.81. The Hall–Kier alpha value is -1.85. The lowest BCUT2D eigenvalue weighted by Crippen LogP contribution is -2.08. The fraction of sp³-hybridized carbons (Fsp3) is 0.444. The highest BCUT2D eigenvalue weighted by Gasteiger charge is 2.35. The molecule has 6 nitrogen and oxygen atoms in total. The summed E-state index contributed by atoms with van der Waals surface area (Å²) in [5.41, 5.74) is 0.416. The lowest BCUT2D eigenvalue weighted by Gasteiger charge is -1.99. The standard InChI is InChI=1S/C9H10N2O4/c1-4(12)10-8-6(5-2-3-5)7(9(13)14)11-15-8/h5H,2-3H2,1H3,(H,10,12)(H,13,14). The third kappa shape index (κ3) is 1.83. The van der Waals surface area contributed by atoms with Crippen LogP contribution in [0.3, 0.4) is 0 Å². The summed E-state index contributed by atoms with van der Waals surface area (Å²) in [4.78, 5) is 21.7. The lowest BCUT2D eigenvalue weighted by atomic mass is 10.1. The summed E-state index contributed by atoms with van der Waals surface area (Å²) in [6, 6.07) is 0. The molecule has 1 heterocycles. The first-order valence-corrected chi connectivity index (χ1v) is 4.60. The summed E-state index contributed by atoms with van der Waals surface area (Å²) in [7, 11) is 0. The summed E-state index contributed by atoms with van der Waals surface area (Å²) in [6.07, 6.45) is 1.82. The van der Waals surface area contributed by atoms with Crippen LogP contribution in [-0.2, 0) is 4.79 Å². The van der Waals surface area contributed by atoms with Gasteiger partial charge in [0.05, 0.1) is 5.56 Å². The van der Waals surface area contributed by atoms with Crippen molar-refractivity contribution < 1.29 is 19.2 Å². The zero-order chi connectivity index (χ0) is 11.0. The van der Waals surface area contributed by atoms with Gasteiger partial charge in [-0.3, -0.25) is 10.1 Å². The summed E-state index contributed by atoms with van der Waals surface area (Å²) in [5.74, 6) is -1.10. The van der Waals surface area contributed by atoms with E-state index in [0.29, 0.717) is 5.56 Å². The van der Waals surface area contributed by atoms with Gasteiger partial charge in [0.1, 0.15) is 0 Å². The molecule has 0 saturated heterocycles. The van der Waals surface area contributed by atoms with Gasteiger partial charge in [-0.1, -0.05) is 5.16 Å². The van der Waals surface area contributed by atoms with E-state index in [4.69, 9.17) is 9.63 Å². The Labute approximate surface area is 85.2 Å². The molecule has 1 amide bonds.